The van der Waals surface area contributed by atoms with Crippen LogP contribution in [0, 0.1) is 11.8 Å². The lowest BCUT2D eigenvalue weighted by Gasteiger charge is -2.16. The van der Waals surface area contributed by atoms with Gasteiger partial charge in [-0.3, -0.25) is 0 Å². The van der Waals surface area contributed by atoms with E-state index in [-0.39, 0.29) is 0 Å². The summed E-state index contributed by atoms with van der Waals surface area (Å²) in [6.45, 7) is 8.24. The molecule has 1 N–H and O–H groups in total. The third kappa shape index (κ3) is 3.67. The lowest BCUT2D eigenvalue weighted by Crippen LogP contribution is -2.12. The van der Waals surface area contributed by atoms with E-state index in [2.05, 4.69) is 20.4 Å². The van der Waals surface area contributed by atoms with Crippen LogP contribution < -0.4 is 0 Å². The zero-order chi connectivity index (χ0) is 7.98. The second-order valence-corrected chi connectivity index (χ2v) is 3.05. The molecule has 0 aromatic carbocycles. The molecule has 0 aliphatic rings. The normalized spacial score (nSPS) is 13.6. The summed E-state index contributed by atoms with van der Waals surface area (Å²) in [5, 5.41) is 8.89. The summed E-state index contributed by atoms with van der Waals surface area (Å²) in [5.41, 5.74) is 0. The number of rotatable bonds is 5. The molecule has 10 heavy (non-hydrogen) atoms. The van der Waals surface area contributed by atoms with Gasteiger partial charge < -0.3 is 5.11 Å². The summed E-state index contributed by atoms with van der Waals surface area (Å²) in [6.07, 6.45) is 3.99. The van der Waals surface area contributed by atoms with Crippen molar-refractivity contribution >= 4 is 0 Å². The smallest absolute Gasteiger partial charge is 0.0461 e. The molecule has 0 fully saturated rings. The predicted molar refractivity (Wildman–Crippen MR) is 44.8 cm³/mol. The van der Waals surface area contributed by atoms with Crippen molar-refractivity contribution in [2.75, 3.05) is 6.61 Å². The van der Waals surface area contributed by atoms with Crippen molar-refractivity contribution in [2.24, 2.45) is 11.8 Å². The Morgan fingerprint density at radius 3 is 2.40 bits per heavy atom. The van der Waals surface area contributed by atoms with Crippen LogP contribution in [0.25, 0.3) is 0 Å². The summed E-state index contributed by atoms with van der Waals surface area (Å²) >= 11 is 0. The maximum atomic E-state index is 8.89. The number of hydrogen-bond acceptors (Lipinski definition) is 1. The van der Waals surface area contributed by atoms with Crippen molar-refractivity contribution in [1.82, 2.24) is 0 Å². The standard InChI is InChI=1S/C9H18O/c1-4-5-6-9(7-10)8(2)3/h4,8-10H,1,5-7H2,2-3H3. The SMILES string of the molecule is C=CCCC(CO)C(C)C. The molecule has 0 aliphatic carbocycles. The van der Waals surface area contributed by atoms with Gasteiger partial charge in [-0.1, -0.05) is 19.9 Å². The Balaban J connectivity index is 3.49. The molecule has 0 saturated heterocycles. The topological polar surface area (TPSA) is 20.2 Å². The van der Waals surface area contributed by atoms with Gasteiger partial charge in [0.15, 0.2) is 0 Å². The first-order chi connectivity index (χ1) is 4.72. The van der Waals surface area contributed by atoms with Crippen LogP contribution in [0.15, 0.2) is 12.7 Å². The van der Waals surface area contributed by atoms with Gasteiger partial charge in [0.2, 0.25) is 0 Å². The van der Waals surface area contributed by atoms with Gasteiger partial charge in [-0.05, 0) is 24.7 Å². The van der Waals surface area contributed by atoms with Crippen molar-refractivity contribution in [3.63, 3.8) is 0 Å². The van der Waals surface area contributed by atoms with Gasteiger partial charge in [-0.2, -0.15) is 0 Å². The van der Waals surface area contributed by atoms with Crippen LogP contribution in [-0.2, 0) is 0 Å². The summed E-state index contributed by atoms with van der Waals surface area (Å²) in [4.78, 5) is 0. The first-order valence-corrected chi connectivity index (χ1v) is 3.94. The molecule has 0 amide bonds. The minimum Gasteiger partial charge on any atom is -0.396 e. The number of hydrogen-bond donors (Lipinski definition) is 1. The minimum atomic E-state index is 0.311. The fourth-order valence-electron chi connectivity index (χ4n) is 0.967. The van der Waals surface area contributed by atoms with Gasteiger partial charge in [0.1, 0.15) is 0 Å². The molecule has 0 aromatic heterocycles. The highest BCUT2D eigenvalue weighted by Gasteiger charge is 2.09. The zero-order valence-corrected chi connectivity index (χ0v) is 7.01. The fourth-order valence-corrected chi connectivity index (χ4v) is 0.967. The van der Waals surface area contributed by atoms with Gasteiger partial charge in [0, 0.05) is 6.61 Å². The highest BCUT2D eigenvalue weighted by Crippen LogP contribution is 2.15. The van der Waals surface area contributed by atoms with E-state index in [4.69, 9.17) is 5.11 Å². The van der Waals surface area contributed by atoms with Crippen molar-refractivity contribution in [2.45, 2.75) is 26.7 Å². The molecule has 0 aromatic rings. The Bertz CT molecular complexity index is 86.7. The van der Waals surface area contributed by atoms with Crippen molar-refractivity contribution in [3.05, 3.63) is 12.7 Å². The molecule has 1 heteroatoms. The van der Waals surface area contributed by atoms with Crippen LogP contribution in [0.5, 0.6) is 0 Å². The first kappa shape index (κ1) is 9.70. The Labute approximate surface area is 63.8 Å². The predicted octanol–water partition coefficient (Wildman–Crippen LogP) is 2.22. The highest BCUT2D eigenvalue weighted by atomic mass is 16.3. The number of allylic oxidation sites excluding steroid dienone is 1. The van der Waals surface area contributed by atoms with E-state index >= 15 is 0 Å². The molecule has 0 radical (unpaired) electrons. The molecule has 0 saturated carbocycles. The highest BCUT2D eigenvalue weighted by molar-refractivity contribution is 4.70. The van der Waals surface area contributed by atoms with Crippen molar-refractivity contribution in [1.29, 1.82) is 0 Å². The van der Waals surface area contributed by atoms with Gasteiger partial charge in [0.25, 0.3) is 0 Å². The maximum absolute atomic E-state index is 8.89. The molecule has 0 spiro atoms. The van der Waals surface area contributed by atoms with E-state index in [0.29, 0.717) is 18.4 Å². The molecular weight excluding hydrogens is 124 g/mol. The van der Waals surface area contributed by atoms with Crippen molar-refractivity contribution < 1.29 is 5.11 Å². The Morgan fingerprint density at radius 1 is 1.50 bits per heavy atom. The summed E-state index contributed by atoms with van der Waals surface area (Å²) < 4.78 is 0. The molecule has 0 aliphatic heterocycles. The quantitative estimate of drug-likeness (QED) is 0.583. The third-order valence-corrected chi connectivity index (χ3v) is 1.92. The third-order valence-electron chi connectivity index (χ3n) is 1.92. The monoisotopic (exact) mass is 142 g/mol. The second-order valence-electron chi connectivity index (χ2n) is 3.05. The van der Waals surface area contributed by atoms with Gasteiger partial charge in [-0.25, -0.2) is 0 Å². The molecule has 1 nitrogen and oxygen atoms in total. The molecule has 0 bridgehead atoms. The molecule has 0 heterocycles. The van der Waals surface area contributed by atoms with E-state index < -0.39 is 0 Å². The van der Waals surface area contributed by atoms with Crippen molar-refractivity contribution in [3.8, 4) is 0 Å². The summed E-state index contributed by atoms with van der Waals surface area (Å²) in [7, 11) is 0. The molecular formula is C9H18O. The average molecular weight is 142 g/mol. The molecule has 0 rings (SSSR count). The van der Waals surface area contributed by atoms with Crippen LogP contribution in [-0.4, -0.2) is 11.7 Å². The number of aliphatic hydroxyl groups is 1. The Morgan fingerprint density at radius 2 is 2.10 bits per heavy atom. The van der Waals surface area contributed by atoms with Crippen LogP contribution in [0.1, 0.15) is 26.7 Å². The molecule has 60 valence electrons. The Kier molecular flexibility index (Phi) is 5.32. The molecule has 1 atom stereocenters. The minimum absolute atomic E-state index is 0.311. The lowest BCUT2D eigenvalue weighted by molar-refractivity contribution is 0.182. The van der Waals surface area contributed by atoms with E-state index in [9.17, 15) is 0 Å². The van der Waals surface area contributed by atoms with Crippen LogP contribution in [0.4, 0.5) is 0 Å². The lowest BCUT2D eigenvalue weighted by atomic mass is 9.92. The summed E-state index contributed by atoms with van der Waals surface area (Å²) in [6, 6.07) is 0. The van der Waals surface area contributed by atoms with Crippen LogP contribution in [0.2, 0.25) is 0 Å². The maximum Gasteiger partial charge on any atom is 0.0461 e. The van der Waals surface area contributed by atoms with E-state index in [1.54, 1.807) is 0 Å². The second kappa shape index (κ2) is 5.48. The van der Waals surface area contributed by atoms with Gasteiger partial charge >= 0.3 is 0 Å². The largest absolute Gasteiger partial charge is 0.396 e. The fraction of sp³-hybridized carbons (Fsp3) is 0.778. The van der Waals surface area contributed by atoms with Crippen LogP contribution >= 0.6 is 0 Å². The van der Waals surface area contributed by atoms with E-state index in [1.807, 2.05) is 6.08 Å². The van der Waals surface area contributed by atoms with E-state index in [1.165, 1.54) is 0 Å². The number of aliphatic hydroxyl groups excluding tert-OH is 1. The summed E-state index contributed by atoms with van der Waals surface area (Å²) in [5.74, 6) is 1.04. The zero-order valence-electron chi connectivity index (χ0n) is 7.01. The van der Waals surface area contributed by atoms with Gasteiger partial charge in [-0.15, -0.1) is 6.58 Å². The van der Waals surface area contributed by atoms with Crippen LogP contribution in [0.3, 0.4) is 0 Å². The van der Waals surface area contributed by atoms with E-state index in [0.717, 1.165) is 12.8 Å². The first-order valence-electron chi connectivity index (χ1n) is 3.94. The average Bonchev–Trinajstić information content (AvgIpc) is 1.89. The van der Waals surface area contributed by atoms with Gasteiger partial charge in [0.05, 0.1) is 0 Å². The molecule has 1 unspecified atom stereocenters. The Hall–Kier alpha value is -0.300.